The van der Waals surface area contributed by atoms with Crippen molar-refractivity contribution in [3.63, 3.8) is 0 Å². The Hall–Kier alpha value is -1.14. The number of hydrogen-bond donors (Lipinski definition) is 4. The van der Waals surface area contributed by atoms with E-state index >= 15 is 0 Å². The molecule has 1 rings (SSSR count). The number of aliphatic hydroxyl groups excluding tert-OH is 2. The number of hydrogen-bond acceptors (Lipinski definition) is 4. The van der Waals surface area contributed by atoms with Gasteiger partial charge in [-0.2, -0.15) is 0 Å². The average Bonchev–Trinajstić information content (AvgIpc) is 2.60. The van der Waals surface area contributed by atoms with Gasteiger partial charge in [-0.1, -0.05) is 51.4 Å². The number of carboxylic acids is 2. The Balaban J connectivity index is 0.00000118. The average molecular weight is 346 g/mol. The molecular weight excluding hydrogens is 312 g/mol. The molecule has 6 nitrogen and oxygen atoms in total. The minimum absolute atomic E-state index is 0.0784. The lowest BCUT2D eigenvalue weighted by atomic mass is 9.74. The molecule has 0 aromatic heterocycles. The van der Waals surface area contributed by atoms with Gasteiger partial charge in [-0.15, -0.1) is 0 Å². The molecule has 1 saturated carbocycles. The lowest BCUT2D eigenvalue weighted by Gasteiger charge is -2.29. The fourth-order valence-corrected chi connectivity index (χ4v) is 3.26. The zero-order valence-corrected chi connectivity index (χ0v) is 14.7. The molecule has 1 aliphatic carbocycles. The van der Waals surface area contributed by atoms with Crippen molar-refractivity contribution in [1.82, 2.24) is 0 Å². The molecule has 1 aliphatic rings. The first-order valence-electron chi connectivity index (χ1n) is 9.15. The Kier molecular flexibility index (Phi) is 13.5. The van der Waals surface area contributed by atoms with Gasteiger partial charge in [0.25, 0.3) is 0 Å². The molecule has 0 spiro atoms. The summed E-state index contributed by atoms with van der Waals surface area (Å²) in [7, 11) is 0. The number of aliphatic carboxylic acids is 2. The standard InChI is InChI=1S/C16H28O4.C2H6O2/c17-14(18)10-9-13-16(15(19)20)11-7-5-3-1-2-4-6-8-12-16;3-1-2-4/h1-13H2,(H,17,18)(H,19,20);3-4H,1-2H2. The molecule has 0 atom stereocenters. The summed E-state index contributed by atoms with van der Waals surface area (Å²) >= 11 is 0. The van der Waals surface area contributed by atoms with Gasteiger partial charge < -0.3 is 20.4 Å². The molecule has 0 radical (unpaired) electrons. The van der Waals surface area contributed by atoms with Gasteiger partial charge >= 0.3 is 11.9 Å². The lowest BCUT2D eigenvalue weighted by Crippen LogP contribution is -2.31. The van der Waals surface area contributed by atoms with Gasteiger partial charge in [0.15, 0.2) is 0 Å². The topological polar surface area (TPSA) is 115 Å². The highest BCUT2D eigenvalue weighted by atomic mass is 16.4. The van der Waals surface area contributed by atoms with Crippen LogP contribution in [0.3, 0.4) is 0 Å². The third kappa shape index (κ3) is 10.6. The van der Waals surface area contributed by atoms with Gasteiger partial charge in [-0.25, -0.2) is 0 Å². The van der Waals surface area contributed by atoms with Crippen molar-refractivity contribution < 1.29 is 30.0 Å². The molecule has 0 aromatic rings. The Morgan fingerprint density at radius 3 is 1.50 bits per heavy atom. The maximum absolute atomic E-state index is 11.8. The molecule has 142 valence electrons. The van der Waals surface area contributed by atoms with Crippen LogP contribution in [0, 0.1) is 5.41 Å². The second-order valence-electron chi connectivity index (χ2n) is 6.61. The summed E-state index contributed by atoms with van der Waals surface area (Å²) in [6, 6.07) is 0. The monoisotopic (exact) mass is 346 g/mol. The molecule has 1 fully saturated rings. The SMILES string of the molecule is O=C(O)CCCC1(C(=O)O)CCCCCCCCCC1.OCCO. The maximum Gasteiger partial charge on any atom is 0.309 e. The van der Waals surface area contributed by atoms with Crippen LogP contribution in [0.2, 0.25) is 0 Å². The minimum Gasteiger partial charge on any atom is -0.481 e. The second-order valence-corrected chi connectivity index (χ2v) is 6.61. The molecule has 0 bridgehead atoms. The first kappa shape index (κ1) is 22.9. The van der Waals surface area contributed by atoms with Crippen LogP contribution in [0.5, 0.6) is 0 Å². The molecule has 0 aromatic carbocycles. The van der Waals surface area contributed by atoms with E-state index in [0.29, 0.717) is 25.7 Å². The van der Waals surface area contributed by atoms with Crippen molar-refractivity contribution in [3.8, 4) is 0 Å². The van der Waals surface area contributed by atoms with Crippen molar-refractivity contribution in [2.24, 2.45) is 5.41 Å². The van der Waals surface area contributed by atoms with Crippen molar-refractivity contribution in [2.45, 2.75) is 83.5 Å². The quantitative estimate of drug-likeness (QED) is 0.587. The van der Waals surface area contributed by atoms with Crippen LogP contribution in [0.1, 0.15) is 83.5 Å². The molecule has 0 unspecified atom stereocenters. The van der Waals surface area contributed by atoms with Crippen LogP contribution in [-0.4, -0.2) is 45.6 Å². The van der Waals surface area contributed by atoms with Gasteiger partial charge in [0.1, 0.15) is 0 Å². The Morgan fingerprint density at radius 2 is 1.17 bits per heavy atom. The fraction of sp³-hybridized carbons (Fsp3) is 0.889. The zero-order chi connectivity index (χ0) is 18.3. The van der Waals surface area contributed by atoms with Crippen molar-refractivity contribution in [1.29, 1.82) is 0 Å². The third-order valence-corrected chi connectivity index (χ3v) is 4.66. The molecule has 0 heterocycles. The van der Waals surface area contributed by atoms with Gasteiger partial charge in [-0.3, -0.25) is 9.59 Å². The number of aliphatic hydroxyl groups is 2. The molecule has 0 saturated heterocycles. The summed E-state index contributed by atoms with van der Waals surface area (Å²) < 4.78 is 0. The van der Waals surface area contributed by atoms with Crippen LogP contribution in [0.25, 0.3) is 0 Å². The highest BCUT2D eigenvalue weighted by molar-refractivity contribution is 5.74. The summed E-state index contributed by atoms with van der Waals surface area (Å²) in [5, 5.41) is 33.6. The highest BCUT2D eigenvalue weighted by Crippen LogP contribution is 2.38. The summed E-state index contributed by atoms with van der Waals surface area (Å²) in [5.74, 6) is -1.55. The van der Waals surface area contributed by atoms with Crippen LogP contribution in [0.15, 0.2) is 0 Å². The van der Waals surface area contributed by atoms with E-state index in [1.165, 1.54) is 25.7 Å². The van der Waals surface area contributed by atoms with Crippen LogP contribution >= 0.6 is 0 Å². The third-order valence-electron chi connectivity index (χ3n) is 4.66. The van der Waals surface area contributed by atoms with Crippen molar-refractivity contribution in [3.05, 3.63) is 0 Å². The number of rotatable bonds is 6. The van der Waals surface area contributed by atoms with Gasteiger partial charge in [0, 0.05) is 6.42 Å². The fourth-order valence-electron chi connectivity index (χ4n) is 3.26. The van der Waals surface area contributed by atoms with Crippen LogP contribution in [-0.2, 0) is 9.59 Å². The van der Waals surface area contributed by atoms with E-state index in [9.17, 15) is 14.7 Å². The van der Waals surface area contributed by atoms with E-state index in [4.69, 9.17) is 15.3 Å². The molecule has 0 aliphatic heterocycles. The van der Waals surface area contributed by atoms with Gasteiger partial charge in [0.2, 0.25) is 0 Å². The smallest absolute Gasteiger partial charge is 0.309 e. The zero-order valence-electron chi connectivity index (χ0n) is 14.7. The predicted octanol–water partition coefficient (Wildman–Crippen LogP) is 3.20. The normalized spacial score (nSPS) is 18.6. The van der Waals surface area contributed by atoms with E-state index in [2.05, 4.69) is 0 Å². The molecule has 4 N–H and O–H groups in total. The summed E-state index contributed by atoms with van der Waals surface area (Å²) in [6.45, 7) is -0.250. The molecule has 0 amide bonds. The van der Waals surface area contributed by atoms with E-state index < -0.39 is 17.4 Å². The molecule has 24 heavy (non-hydrogen) atoms. The second kappa shape index (κ2) is 14.2. The summed E-state index contributed by atoms with van der Waals surface area (Å²) in [4.78, 5) is 22.4. The van der Waals surface area contributed by atoms with Gasteiger partial charge in [0.05, 0.1) is 18.6 Å². The van der Waals surface area contributed by atoms with Gasteiger partial charge in [-0.05, 0) is 25.7 Å². The number of carboxylic acid groups (broad SMARTS) is 2. The summed E-state index contributed by atoms with van der Waals surface area (Å²) in [5.41, 5.74) is -0.681. The first-order chi connectivity index (χ1) is 11.5. The predicted molar refractivity (Wildman–Crippen MR) is 91.9 cm³/mol. The maximum atomic E-state index is 11.8. The Morgan fingerprint density at radius 1 is 0.750 bits per heavy atom. The number of carbonyl (C=O) groups is 2. The largest absolute Gasteiger partial charge is 0.481 e. The van der Waals surface area contributed by atoms with E-state index in [1.54, 1.807) is 0 Å². The Labute approximate surface area is 144 Å². The van der Waals surface area contributed by atoms with Crippen molar-refractivity contribution in [2.75, 3.05) is 13.2 Å². The first-order valence-corrected chi connectivity index (χ1v) is 9.15. The summed E-state index contributed by atoms with van der Waals surface area (Å²) in [6.07, 6.45) is 11.5. The minimum atomic E-state index is -0.831. The van der Waals surface area contributed by atoms with Crippen LogP contribution < -0.4 is 0 Å². The van der Waals surface area contributed by atoms with Crippen molar-refractivity contribution >= 4 is 11.9 Å². The molecule has 6 heteroatoms. The van der Waals surface area contributed by atoms with Crippen LogP contribution in [0.4, 0.5) is 0 Å². The van der Waals surface area contributed by atoms with E-state index in [-0.39, 0.29) is 19.6 Å². The molecular formula is C18H34O6. The van der Waals surface area contributed by atoms with E-state index in [1.807, 2.05) is 0 Å². The Bertz CT molecular complexity index is 328. The lowest BCUT2D eigenvalue weighted by molar-refractivity contribution is -0.151. The van der Waals surface area contributed by atoms with E-state index in [0.717, 1.165) is 25.7 Å². The highest BCUT2D eigenvalue weighted by Gasteiger charge is 2.36.